The summed E-state index contributed by atoms with van der Waals surface area (Å²) in [7, 11) is 0. The average molecular weight is 180 g/mol. The number of rotatable bonds is 0. The fourth-order valence-corrected chi connectivity index (χ4v) is 2.38. The smallest absolute Gasteiger partial charge is 0.309 e. The number of hydrogen-bond acceptors (Lipinski definition) is 2. The molecular weight excluding hydrogens is 164 g/mol. The van der Waals surface area contributed by atoms with Crippen LogP contribution in [0, 0.1) is 11.8 Å². The molecule has 1 heterocycles. The lowest BCUT2D eigenvalue weighted by molar-refractivity contribution is -0.155. The minimum absolute atomic E-state index is 0.0347. The Kier molecular flexibility index (Phi) is 2.14. The number of ether oxygens (including phenoxy) is 1. The van der Waals surface area contributed by atoms with Crippen LogP contribution in [0.5, 0.6) is 0 Å². The van der Waals surface area contributed by atoms with Crippen LogP contribution in [0.4, 0.5) is 0 Å². The van der Waals surface area contributed by atoms with Crippen molar-refractivity contribution in [2.24, 2.45) is 11.8 Å². The van der Waals surface area contributed by atoms with Gasteiger partial charge in [0.2, 0.25) is 0 Å². The fraction of sp³-hybridized carbons (Fsp3) is 0.727. The number of carbonyl (C=O) groups excluding carboxylic acids is 1. The lowest BCUT2D eigenvalue weighted by atomic mass is 9.91. The summed E-state index contributed by atoms with van der Waals surface area (Å²) in [6.07, 6.45) is 3.14. The summed E-state index contributed by atoms with van der Waals surface area (Å²) in [5, 5.41) is 0. The van der Waals surface area contributed by atoms with Crippen LogP contribution in [-0.2, 0) is 9.53 Å². The van der Waals surface area contributed by atoms with E-state index in [0.717, 1.165) is 19.3 Å². The molecule has 0 aromatic rings. The monoisotopic (exact) mass is 180 g/mol. The first kappa shape index (κ1) is 8.79. The third-order valence-electron chi connectivity index (χ3n) is 3.29. The second kappa shape index (κ2) is 3.17. The summed E-state index contributed by atoms with van der Waals surface area (Å²) >= 11 is 0. The molecular formula is C11H16O2. The van der Waals surface area contributed by atoms with E-state index in [4.69, 9.17) is 4.74 Å². The van der Waals surface area contributed by atoms with Crippen LogP contribution in [0.15, 0.2) is 11.1 Å². The molecule has 0 N–H and O–H groups in total. The molecule has 72 valence electrons. The van der Waals surface area contributed by atoms with Crippen molar-refractivity contribution < 1.29 is 9.53 Å². The van der Waals surface area contributed by atoms with E-state index in [1.165, 1.54) is 11.1 Å². The maximum absolute atomic E-state index is 11.4. The molecule has 0 amide bonds. The van der Waals surface area contributed by atoms with E-state index in [0.29, 0.717) is 12.5 Å². The van der Waals surface area contributed by atoms with E-state index in [9.17, 15) is 4.79 Å². The molecule has 2 heteroatoms. The molecule has 1 aliphatic carbocycles. The van der Waals surface area contributed by atoms with Crippen LogP contribution in [0.1, 0.15) is 33.1 Å². The molecule has 1 saturated carbocycles. The number of fused-ring (bicyclic) bond motifs is 1. The van der Waals surface area contributed by atoms with Crippen LogP contribution in [0.3, 0.4) is 0 Å². The lowest BCUT2D eigenvalue weighted by Crippen LogP contribution is -2.28. The van der Waals surface area contributed by atoms with Crippen LogP contribution >= 0.6 is 0 Å². The van der Waals surface area contributed by atoms with Gasteiger partial charge in [-0.1, -0.05) is 11.1 Å². The van der Waals surface area contributed by atoms with Crippen molar-refractivity contribution in [3.05, 3.63) is 11.1 Å². The highest BCUT2D eigenvalue weighted by Crippen LogP contribution is 2.42. The number of hydrogen-bond donors (Lipinski definition) is 0. The summed E-state index contributed by atoms with van der Waals surface area (Å²) in [6, 6.07) is 0. The molecule has 0 spiro atoms. The second-order valence-corrected chi connectivity index (χ2v) is 4.33. The predicted octanol–water partition coefficient (Wildman–Crippen LogP) is 2.30. The highest BCUT2D eigenvalue weighted by atomic mass is 16.5. The zero-order chi connectivity index (χ0) is 9.42. The van der Waals surface area contributed by atoms with E-state index < -0.39 is 0 Å². The van der Waals surface area contributed by atoms with Gasteiger partial charge in [0.25, 0.3) is 0 Å². The van der Waals surface area contributed by atoms with Gasteiger partial charge in [0.15, 0.2) is 0 Å². The molecule has 13 heavy (non-hydrogen) atoms. The van der Waals surface area contributed by atoms with Crippen molar-refractivity contribution in [2.75, 3.05) is 6.61 Å². The zero-order valence-electron chi connectivity index (χ0n) is 8.30. The maximum atomic E-state index is 11.4. The third kappa shape index (κ3) is 1.50. The summed E-state index contributed by atoms with van der Waals surface area (Å²) in [4.78, 5) is 11.4. The number of esters is 1. The fourth-order valence-electron chi connectivity index (χ4n) is 2.38. The summed E-state index contributed by atoms with van der Waals surface area (Å²) in [5.74, 6) is 0.789. The SMILES string of the molecule is CC(C)=C1CC2CCOC(=O)C2C1. The Morgan fingerprint density at radius 1 is 1.38 bits per heavy atom. The number of carbonyl (C=O) groups is 1. The molecule has 0 aromatic heterocycles. The molecule has 1 saturated heterocycles. The van der Waals surface area contributed by atoms with E-state index in [-0.39, 0.29) is 11.9 Å². The van der Waals surface area contributed by atoms with Crippen molar-refractivity contribution in [1.82, 2.24) is 0 Å². The van der Waals surface area contributed by atoms with Crippen molar-refractivity contribution in [1.29, 1.82) is 0 Å². The number of cyclic esters (lactones) is 1. The van der Waals surface area contributed by atoms with Crippen molar-refractivity contribution in [2.45, 2.75) is 33.1 Å². The first-order valence-electron chi connectivity index (χ1n) is 5.00. The van der Waals surface area contributed by atoms with Crippen molar-refractivity contribution in [3.8, 4) is 0 Å². The van der Waals surface area contributed by atoms with E-state index in [1.54, 1.807) is 0 Å². The van der Waals surface area contributed by atoms with Crippen LogP contribution < -0.4 is 0 Å². The highest BCUT2D eigenvalue weighted by Gasteiger charge is 2.39. The van der Waals surface area contributed by atoms with Crippen molar-refractivity contribution in [3.63, 3.8) is 0 Å². The summed E-state index contributed by atoms with van der Waals surface area (Å²) in [6.45, 7) is 4.91. The Hall–Kier alpha value is -0.790. The van der Waals surface area contributed by atoms with Gasteiger partial charge < -0.3 is 4.74 Å². The molecule has 0 aromatic carbocycles. The van der Waals surface area contributed by atoms with Crippen LogP contribution in [0.25, 0.3) is 0 Å². The molecule has 0 bridgehead atoms. The van der Waals surface area contributed by atoms with E-state index >= 15 is 0 Å². The summed E-state index contributed by atoms with van der Waals surface area (Å²) < 4.78 is 5.06. The first-order chi connectivity index (χ1) is 6.18. The van der Waals surface area contributed by atoms with Gasteiger partial charge in [-0.05, 0) is 39.0 Å². The standard InChI is InChI=1S/C11H16O2/c1-7(2)9-5-8-3-4-13-11(12)10(8)6-9/h8,10H,3-6H2,1-2H3. The highest BCUT2D eigenvalue weighted by molar-refractivity contribution is 5.74. The van der Waals surface area contributed by atoms with Gasteiger partial charge >= 0.3 is 5.97 Å². The lowest BCUT2D eigenvalue weighted by Gasteiger charge is -2.23. The maximum Gasteiger partial charge on any atom is 0.309 e. The minimum Gasteiger partial charge on any atom is -0.465 e. The van der Waals surface area contributed by atoms with Gasteiger partial charge in [-0.25, -0.2) is 0 Å². The van der Waals surface area contributed by atoms with Gasteiger partial charge in [0.1, 0.15) is 0 Å². The van der Waals surface area contributed by atoms with Gasteiger partial charge in [-0.15, -0.1) is 0 Å². The zero-order valence-corrected chi connectivity index (χ0v) is 8.30. The van der Waals surface area contributed by atoms with Gasteiger partial charge in [-0.3, -0.25) is 4.79 Å². The third-order valence-corrected chi connectivity index (χ3v) is 3.29. The molecule has 1 aliphatic heterocycles. The average Bonchev–Trinajstić information content (AvgIpc) is 2.49. The first-order valence-corrected chi connectivity index (χ1v) is 5.00. The van der Waals surface area contributed by atoms with Crippen LogP contribution in [0.2, 0.25) is 0 Å². The largest absolute Gasteiger partial charge is 0.465 e. The quantitative estimate of drug-likeness (QED) is 0.422. The Bertz CT molecular complexity index is 261. The Labute approximate surface area is 79.0 Å². The Morgan fingerprint density at radius 2 is 2.15 bits per heavy atom. The Morgan fingerprint density at radius 3 is 2.77 bits per heavy atom. The Balaban J connectivity index is 2.17. The van der Waals surface area contributed by atoms with E-state index in [2.05, 4.69) is 13.8 Å². The molecule has 0 radical (unpaired) electrons. The van der Waals surface area contributed by atoms with Gasteiger partial charge in [0.05, 0.1) is 12.5 Å². The normalized spacial score (nSPS) is 32.8. The second-order valence-electron chi connectivity index (χ2n) is 4.33. The summed E-state index contributed by atoms with van der Waals surface area (Å²) in [5.41, 5.74) is 2.87. The van der Waals surface area contributed by atoms with Crippen molar-refractivity contribution >= 4 is 5.97 Å². The van der Waals surface area contributed by atoms with Gasteiger partial charge in [0, 0.05) is 0 Å². The van der Waals surface area contributed by atoms with Crippen LogP contribution in [-0.4, -0.2) is 12.6 Å². The topological polar surface area (TPSA) is 26.3 Å². The molecule has 2 nitrogen and oxygen atoms in total. The minimum atomic E-state index is 0.0347. The molecule has 2 aliphatic rings. The number of allylic oxidation sites excluding steroid dienone is 2. The molecule has 2 fully saturated rings. The van der Waals surface area contributed by atoms with Gasteiger partial charge in [-0.2, -0.15) is 0 Å². The molecule has 2 atom stereocenters. The molecule has 2 rings (SSSR count). The predicted molar refractivity (Wildman–Crippen MR) is 50.2 cm³/mol. The molecule has 2 unspecified atom stereocenters. The van der Waals surface area contributed by atoms with E-state index in [1.807, 2.05) is 0 Å².